The summed E-state index contributed by atoms with van der Waals surface area (Å²) < 4.78 is 31.9. The van der Waals surface area contributed by atoms with Crippen molar-refractivity contribution in [2.24, 2.45) is 5.92 Å². The molecule has 1 unspecified atom stereocenters. The molecule has 0 aliphatic carbocycles. The molecule has 2 rings (SSSR count). The second-order valence-corrected chi connectivity index (χ2v) is 7.04. The van der Waals surface area contributed by atoms with Crippen LogP contribution in [0.2, 0.25) is 0 Å². The maximum absolute atomic E-state index is 12.1. The van der Waals surface area contributed by atoms with Crippen molar-refractivity contribution in [1.29, 1.82) is 0 Å². The fraction of sp³-hybridized carbons (Fsp3) is 0.571. The molecule has 1 aliphatic rings. The minimum absolute atomic E-state index is 0.253. The molecule has 6 nitrogen and oxygen atoms in total. The Kier molecular flexibility index (Phi) is 5.08. The van der Waals surface area contributed by atoms with Crippen LogP contribution in [0.25, 0.3) is 0 Å². The monoisotopic (exact) mass is 313 g/mol. The highest BCUT2D eigenvalue weighted by Crippen LogP contribution is 2.31. The maximum atomic E-state index is 12.1. The molecule has 3 N–H and O–H groups in total. The van der Waals surface area contributed by atoms with Crippen molar-refractivity contribution in [2.45, 2.75) is 18.2 Å². The quantitative estimate of drug-likeness (QED) is 0.767. The van der Waals surface area contributed by atoms with Gasteiger partial charge in [-0.25, -0.2) is 13.1 Å². The second kappa shape index (κ2) is 6.64. The molecule has 1 saturated heterocycles. The van der Waals surface area contributed by atoms with Gasteiger partial charge in [-0.05, 0) is 24.6 Å². The van der Waals surface area contributed by atoms with Gasteiger partial charge in [0.2, 0.25) is 10.0 Å². The van der Waals surface area contributed by atoms with Crippen LogP contribution in [0.5, 0.6) is 0 Å². The normalized spacial score (nSPS) is 19.1. The SMILES string of the molecule is CCNS(=O)(=O)c1ccc(N)c(N2CCC(COC)C2)c1. The van der Waals surface area contributed by atoms with Crippen molar-refractivity contribution in [2.75, 3.05) is 44.0 Å². The Morgan fingerprint density at radius 1 is 1.48 bits per heavy atom. The van der Waals surface area contributed by atoms with Crippen LogP contribution in [-0.2, 0) is 14.8 Å². The molecule has 1 aromatic carbocycles. The van der Waals surface area contributed by atoms with E-state index in [1.807, 2.05) is 0 Å². The molecule has 0 radical (unpaired) electrons. The van der Waals surface area contributed by atoms with E-state index in [1.165, 1.54) is 0 Å². The molecule has 0 amide bonds. The van der Waals surface area contributed by atoms with E-state index in [0.29, 0.717) is 24.8 Å². The lowest BCUT2D eigenvalue weighted by atomic mass is 10.1. The number of nitrogen functional groups attached to an aromatic ring is 1. The van der Waals surface area contributed by atoms with Crippen molar-refractivity contribution in [3.05, 3.63) is 18.2 Å². The standard InChI is InChI=1S/C14H23N3O3S/c1-3-16-21(18,19)12-4-5-13(15)14(8-12)17-7-6-11(9-17)10-20-2/h4-5,8,11,16H,3,6-7,9-10,15H2,1-2H3. The first-order valence-electron chi connectivity index (χ1n) is 7.11. The van der Waals surface area contributed by atoms with Crippen molar-refractivity contribution in [3.63, 3.8) is 0 Å². The van der Waals surface area contributed by atoms with Crippen molar-refractivity contribution >= 4 is 21.4 Å². The predicted molar refractivity (Wildman–Crippen MR) is 83.9 cm³/mol. The summed E-state index contributed by atoms with van der Waals surface area (Å²) in [5.74, 6) is 0.462. The van der Waals surface area contributed by atoms with Gasteiger partial charge >= 0.3 is 0 Å². The molecule has 0 spiro atoms. The number of nitrogens with two attached hydrogens (primary N) is 1. The third kappa shape index (κ3) is 3.66. The summed E-state index contributed by atoms with van der Waals surface area (Å²) >= 11 is 0. The topological polar surface area (TPSA) is 84.7 Å². The molecule has 1 aliphatic heterocycles. The van der Waals surface area contributed by atoms with Crippen LogP contribution in [0, 0.1) is 5.92 Å². The summed E-state index contributed by atoms with van der Waals surface area (Å²) in [5, 5.41) is 0. The van der Waals surface area contributed by atoms with E-state index < -0.39 is 10.0 Å². The minimum Gasteiger partial charge on any atom is -0.397 e. The second-order valence-electron chi connectivity index (χ2n) is 5.28. The number of rotatable bonds is 6. The van der Waals surface area contributed by atoms with Crippen LogP contribution in [0.15, 0.2) is 23.1 Å². The van der Waals surface area contributed by atoms with Gasteiger partial charge in [0, 0.05) is 32.7 Å². The number of benzene rings is 1. The molecule has 1 fully saturated rings. The van der Waals surface area contributed by atoms with Crippen molar-refractivity contribution < 1.29 is 13.2 Å². The van der Waals surface area contributed by atoms with E-state index in [1.54, 1.807) is 32.2 Å². The lowest BCUT2D eigenvalue weighted by Gasteiger charge is -2.21. The van der Waals surface area contributed by atoms with E-state index >= 15 is 0 Å². The van der Waals surface area contributed by atoms with Gasteiger partial charge in [-0.3, -0.25) is 0 Å². The summed E-state index contributed by atoms with van der Waals surface area (Å²) in [6.45, 7) is 4.53. The van der Waals surface area contributed by atoms with Gasteiger partial charge in [0.25, 0.3) is 0 Å². The van der Waals surface area contributed by atoms with Crippen LogP contribution < -0.4 is 15.4 Å². The summed E-state index contributed by atoms with van der Waals surface area (Å²) in [5.41, 5.74) is 7.40. The van der Waals surface area contributed by atoms with Crippen molar-refractivity contribution in [3.8, 4) is 0 Å². The summed E-state index contributed by atoms with van der Waals surface area (Å²) in [6, 6.07) is 4.85. The van der Waals surface area contributed by atoms with Gasteiger partial charge in [-0.1, -0.05) is 6.92 Å². The zero-order valence-corrected chi connectivity index (χ0v) is 13.3. The number of nitrogens with one attached hydrogen (secondary N) is 1. The predicted octanol–water partition coefficient (Wildman–Crippen LogP) is 1.04. The van der Waals surface area contributed by atoms with E-state index in [4.69, 9.17) is 10.5 Å². The first-order chi connectivity index (χ1) is 9.97. The molecule has 1 heterocycles. The highest BCUT2D eigenvalue weighted by Gasteiger charge is 2.25. The summed E-state index contributed by atoms with van der Waals surface area (Å²) in [6.07, 6.45) is 1.03. The van der Waals surface area contributed by atoms with Crippen LogP contribution in [-0.4, -0.2) is 41.8 Å². The zero-order valence-electron chi connectivity index (χ0n) is 12.5. The van der Waals surface area contributed by atoms with Gasteiger partial charge in [0.15, 0.2) is 0 Å². The molecule has 0 aromatic heterocycles. The number of methoxy groups -OCH3 is 1. The van der Waals surface area contributed by atoms with Gasteiger partial charge in [0.1, 0.15) is 0 Å². The molecule has 118 valence electrons. The van der Waals surface area contributed by atoms with Crippen LogP contribution in [0.1, 0.15) is 13.3 Å². The molecule has 1 aromatic rings. The number of nitrogens with zero attached hydrogens (tertiary/aromatic N) is 1. The Balaban J connectivity index is 2.25. The highest BCUT2D eigenvalue weighted by molar-refractivity contribution is 7.89. The fourth-order valence-electron chi connectivity index (χ4n) is 2.66. The average molecular weight is 313 g/mol. The number of hydrogen-bond donors (Lipinski definition) is 2. The third-order valence-corrected chi connectivity index (χ3v) is 5.22. The van der Waals surface area contributed by atoms with Crippen LogP contribution in [0.4, 0.5) is 11.4 Å². The van der Waals surface area contributed by atoms with Crippen molar-refractivity contribution in [1.82, 2.24) is 4.72 Å². The molecule has 7 heteroatoms. The Morgan fingerprint density at radius 2 is 2.24 bits per heavy atom. The highest BCUT2D eigenvalue weighted by atomic mass is 32.2. The zero-order chi connectivity index (χ0) is 15.5. The lowest BCUT2D eigenvalue weighted by molar-refractivity contribution is 0.161. The first-order valence-corrected chi connectivity index (χ1v) is 8.59. The Hall–Kier alpha value is -1.31. The number of hydrogen-bond acceptors (Lipinski definition) is 5. The summed E-state index contributed by atoms with van der Waals surface area (Å²) in [7, 11) is -1.76. The van der Waals surface area contributed by atoms with E-state index in [0.717, 1.165) is 25.2 Å². The Morgan fingerprint density at radius 3 is 2.90 bits per heavy atom. The number of ether oxygens (including phenoxy) is 1. The molecule has 21 heavy (non-hydrogen) atoms. The molecule has 1 atom stereocenters. The average Bonchev–Trinajstić information content (AvgIpc) is 2.88. The molecular formula is C14H23N3O3S. The molecule has 0 bridgehead atoms. The third-order valence-electron chi connectivity index (χ3n) is 3.68. The van der Waals surface area contributed by atoms with Gasteiger partial charge in [-0.15, -0.1) is 0 Å². The van der Waals surface area contributed by atoms with Crippen LogP contribution >= 0.6 is 0 Å². The maximum Gasteiger partial charge on any atom is 0.240 e. The smallest absolute Gasteiger partial charge is 0.240 e. The molecule has 0 saturated carbocycles. The van der Waals surface area contributed by atoms with Gasteiger partial charge < -0.3 is 15.4 Å². The Labute approximate surface area is 126 Å². The summed E-state index contributed by atoms with van der Waals surface area (Å²) in [4.78, 5) is 2.38. The van der Waals surface area contributed by atoms with Gasteiger partial charge in [-0.2, -0.15) is 0 Å². The van der Waals surface area contributed by atoms with E-state index in [2.05, 4.69) is 9.62 Å². The first kappa shape index (κ1) is 16.1. The van der Waals surface area contributed by atoms with E-state index in [-0.39, 0.29) is 4.90 Å². The number of anilines is 2. The fourth-order valence-corrected chi connectivity index (χ4v) is 3.72. The van der Waals surface area contributed by atoms with Crippen LogP contribution in [0.3, 0.4) is 0 Å². The number of sulfonamides is 1. The largest absolute Gasteiger partial charge is 0.397 e. The lowest BCUT2D eigenvalue weighted by Crippen LogP contribution is -2.25. The van der Waals surface area contributed by atoms with Gasteiger partial charge in [0.05, 0.1) is 22.9 Å². The Bertz CT molecular complexity index is 589. The van der Waals surface area contributed by atoms with E-state index in [9.17, 15) is 8.42 Å². The minimum atomic E-state index is -3.46. The molecular weight excluding hydrogens is 290 g/mol.